The molecule has 0 spiro atoms. The van der Waals surface area contributed by atoms with Gasteiger partial charge in [0, 0.05) is 24.7 Å². The van der Waals surface area contributed by atoms with E-state index in [1.807, 2.05) is 24.3 Å². The molecule has 2 heterocycles. The van der Waals surface area contributed by atoms with Gasteiger partial charge < -0.3 is 14.8 Å². The maximum absolute atomic E-state index is 12.9. The largest absolute Gasteiger partial charge is 0.493 e. The SMILES string of the molecule is COc1cccc(C(=O)NC2CC3CCC(C2)N3Cc2ccc(C#N)cc2)c1OC. The molecule has 0 aliphatic carbocycles. The van der Waals surface area contributed by atoms with Crippen molar-refractivity contribution in [2.45, 2.75) is 50.4 Å². The minimum absolute atomic E-state index is 0.115. The molecule has 30 heavy (non-hydrogen) atoms. The maximum Gasteiger partial charge on any atom is 0.255 e. The van der Waals surface area contributed by atoms with E-state index in [4.69, 9.17) is 14.7 Å². The van der Waals surface area contributed by atoms with Crippen LogP contribution in [0.3, 0.4) is 0 Å². The number of hydrogen-bond acceptors (Lipinski definition) is 5. The van der Waals surface area contributed by atoms with E-state index >= 15 is 0 Å². The number of para-hydroxylation sites is 1. The normalized spacial score (nSPS) is 22.9. The standard InChI is InChI=1S/C24H27N3O3/c1-29-22-5-3-4-21(23(22)30-2)24(28)26-18-12-19-10-11-20(13-18)27(19)15-17-8-6-16(14-25)7-9-17/h3-9,18-20H,10-13,15H2,1-2H3,(H,26,28). The van der Waals surface area contributed by atoms with Crippen LogP contribution < -0.4 is 14.8 Å². The molecule has 2 fully saturated rings. The van der Waals surface area contributed by atoms with Gasteiger partial charge in [-0.05, 0) is 55.5 Å². The summed E-state index contributed by atoms with van der Waals surface area (Å²) in [7, 11) is 3.12. The predicted molar refractivity (Wildman–Crippen MR) is 114 cm³/mol. The molecule has 2 aliphatic heterocycles. The molecule has 2 saturated heterocycles. The molecule has 2 unspecified atom stereocenters. The van der Waals surface area contributed by atoms with Crippen molar-refractivity contribution in [1.82, 2.24) is 10.2 Å². The second-order valence-corrected chi connectivity index (χ2v) is 8.05. The van der Waals surface area contributed by atoms with Crippen LogP contribution >= 0.6 is 0 Å². The number of methoxy groups -OCH3 is 2. The Morgan fingerprint density at radius 1 is 1.10 bits per heavy atom. The molecule has 1 N–H and O–H groups in total. The highest BCUT2D eigenvalue weighted by atomic mass is 16.5. The molecule has 6 heteroatoms. The van der Waals surface area contributed by atoms with Gasteiger partial charge in [-0.2, -0.15) is 5.26 Å². The van der Waals surface area contributed by atoms with Gasteiger partial charge in [0.25, 0.3) is 5.91 Å². The molecular weight excluding hydrogens is 378 g/mol. The van der Waals surface area contributed by atoms with Gasteiger partial charge in [0.05, 0.1) is 31.4 Å². The van der Waals surface area contributed by atoms with Crippen LogP contribution in [0.5, 0.6) is 11.5 Å². The number of hydrogen-bond donors (Lipinski definition) is 1. The summed E-state index contributed by atoms with van der Waals surface area (Å²) in [6, 6.07) is 16.5. The third-order valence-electron chi connectivity index (χ3n) is 6.32. The fraction of sp³-hybridized carbons (Fsp3) is 0.417. The molecule has 0 aromatic heterocycles. The van der Waals surface area contributed by atoms with Gasteiger partial charge in [-0.1, -0.05) is 18.2 Å². The predicted octanol–water partition coefficient (Wildman–Crippen LogP) is 3.50. The number of ether oxygens (including phenoxy) is 2. The second-order valence-electron chi connectivity index (χ2n) is 8.05. The van der Waals surface area contributed by atoms with E-state index in [-0.39, 0.29) is 11.9 Å². The van der Waals surface area contributed by atoms with Gasteiger partial charge in [-0.15, -0.1) is 0 Å². The first kappa shape index (κ1) is 20.2. The number of carbonyl (C=O) groups excluding carboxylic acids is 1. The van der Waals surface area contributed by atoms with Crippen molar-refractivity contribution in [3.8, 4) is 17.6 Å². The van der Waals surface area contributed by atoms with Crippen LogP contribution in [0, 0.1) is 11.3 Å². The fourth-order valence-corrected chi connectivity index (χ4v) is 4.87. The molecule has 0 saturated carbocycles. The number of nitriles is 1. The quantitative estimate of drug-likeness (QED) is 0.796. The molecule has 156 valence electrons. The van der Waals surface area contributed by atoms with Crippen LogP contribution in [0.15, 0.2) is 42.5 Å². The molecule has 0 radical (unpaired) electrons. The highest BCUT2D eigenvalue weighted by Gasteiger charge is 2.41. The highest BCUT2D eigenvalue weighted by molar-refractivity contribution is 5.98. The summed E-state index contributed by atoms with van der Waals surface area (Å²) in [5, 5.41) is 12.2. The molecule has 6 nitrogen and oxygen atoms in total. The number of benzene rings is 2. The minimum atomic E-state index is -0.115. The van der Waals surface area contributed by atoms with Gasteiger partial charge in [-0.3, -0.25) is 9.69 Å². The first-order valence-electron chi connectivity index (χ1n) is 10.4. The second kappa shape index (κ2) is 8.76. The Balaban J connectivity index is 1.41. The Morgan fingerprint density at radius 2 is 1.80 bits per heavy atom. The van der Waals surface area contributed by atoms with Crippen LogP contribution in [0.4, 0.5) is 0 Å². The van der Waals surface area contributed by atoms with Crippen molar-refractivity contribution >= 4 is 5.91 Å². The number of rotatable bonds is 6. The van der Waals surface area contributed by atoms with E-state index in [0.717, 1.165) is 32.2 Å². The van der Waals surface area contributed by atoms with Crippen LogP contribution in [-0.2, 0) is 6.54 Å². The summed E-state index contributed by atoms with van der Waals surface area (Å²) in [4.78, 5) is 15.5. The zero-order valence-electron chi connectivity index (χ0n) is 17.4. The zero-order chi connectivity index (χ0) is 21.1. The Hall–Kier alpha value is -3.04. The number of amides is 1. The Bertz CT molecular complexity index is 937. The van der Waals surface area contributed by atoms with Gasteiger partial charge in [-0.25, -0.2) is 0 Å². The number of nitrogens with zero attached hydrogens (tertiary/aromatic N) is 2. The van der Waals surface area contributed by atoms with E-state index in [0.29, 0.717) is 34.7 Å². The maximum atomic E-state index is 12.9. The van der Waals surface area contributed by atoms with E-state index < -0.39 is 0 Å². The molecule has 1 amide bonds. The summed E-state index contributed by atoms with van der Waals surface area (Å²) in [5.41, 5.74) is 2.43. The third kappa shape index (κ3) is 3.99. The van der Waals surface area contributed by atoms with Crippen molar-refractivity contribution in [3.63, 3.8) is 0 Å². The van der Waals surface area contributed by atoms with Gasteiger partial charge in [0.2, 0.25) is 0 Å². The summed E-state index contributed by atoms with van der Waals surface area (Å²) in [6.45, 7) is 0.894. The van der Waals surface area contributed by atoms with Gasteiger partial charge in [0.15, 0.2) is 11.5 Å². The average Bonchev–Trinajstić information content (AvgIpc) is 3.01. The molecule has 2 aliphatic rings. The van der Waals surface area contributed by atoms with Crippen LogP contribution in [-0.4, -0.2) is 43.2 Å². The average molecular weight is 405 g/mol. The molecule has 2 atom stereocenters. The van der Waals surface area contributed by atoms with Gasteiger partial charge >= 0.3 is 0 Å². The Kier molecular flexibility index (Phi) is 5.91. The van der Waals surface area contributed by atoms with Crippen molar-refractivity contribution in [2.75, 3.05) is 14.2 Å². The van der Waals surface area contributed by atoms with Crippen molar-refractivity contribution < 1.29 is 14.3 Å². The van der Waals surface area contributed by atoms with E-state index in [1.54, 1.807) is 32.4 Å². The monoisotopic (exact) mass is 405 g/mol. The van der Waals surface area contributed by atoms with Crippen molar-refractivity contribution in [1.29, 1.82) is 5.26 Å². The highest BCUT2D eigenvalue weighted by Crippen LogP contribution is 2.37. The summed E-state index contributed by atoms with van der Waals surface area (Å²) in [6.07, 6.45) is 4.22. The molecule has 2 aromatic carbocycles. The molecule has 2 aromatic rings. The summed E-state index contributed by atoms with van der Waals surface area (Å²) >= 11 is 0. The van der Waals surface area contributed by atoms with Crippen LogP contribution in [0.1, 0.15) is 47.2 Å². The van der Waals surface area contributed by atoms with Crippen molar-refractivity contribution in [2.24, 2.45) is 0 Å². The van der Waals surface area contributed by atoms with Gasteiger partial charge in [0.1, 0.15) is 0 Å². The first-order chi connectivity index (χ1) is 14.6. The number of nitrogens with one attached hydrogen (secondary N) is 1. The minimum Gasteiger partial charge on any atom is -0.493 e. The lowest BCUT2D eigenvalue weighted by Gasteiger charge is -2.39. The van der Waals surface area contributed by atoms with Crippen LogP contribution in [0.25, 0.3) is 0 Å². The smallest absolute Gasteiger partial charge is 0.255 e. The fourth-order valence-electron chi connectivity index (χ4n) is 4.87. The summed E-state index contributed by atoms with van der Waals surface area (Å²) < 4.78 is 10.7. The molecular formula is C24H27N3O3. The zero-order valence-corrected chi connectivity index (χ0v) is 17.4. The number of fused-ring (bicyclic) bond motifs is 2. The van der Waals surface area contributed by atoms with Crippen LogP contribution in [0.2, 0.25) is 0 Å². The number of carbonyl (C=O) groups is 1. The molecule has 4 rings (SSSR count). The lowest BCUT2D eigenvalue weighted by Crippen LogP contribution is -2.50. The lowest BCUT2D eigenvalue weighted by molar-refractivity contribution is 0.0825. The van der Waals surface area contributed by atoms with Crippen molar-refractivity contribution in [3.05, 3.63) is 59.2 Å². The number of piperidine rings is 1. The third-order valence-corrected chi connectivity index (χ3v) is 6.32. The first-order valence-corrected chi connectivity index (χ1v) is 10.4. The van der Waals surface area contributed by atoms with E-state index in [9.17, 15) is 4.79 Å². The van der Waals surface area contributed by atoms with E-state index in [1.165, 1.54) is 5.56 Å². The Labute approximate surface area is 177 Å². The topological polar surface area (TPSA) is 74.6 Å². The summed E-state index contributed by atoms with van der Waals surface area (Å²) in [5.74, 6) is 0.914. The Morgan fingerprint density at radius 3 is 2.40 bits per heavy atom. The molecule has 2 bridgehead atoms. The lowest BCUT2D eigenvalue weighted by atomic mass is 9.96. The van der Waals surface area contributed by atoms with E-state index in [2.05, 4.69) is 16.3 Å².